The topological polar surface area (TPSA) is 38.9 Å². The Bertz CT molecular complexity index is 577. The molecule has 0 saturated heterocycles. The number of nitrogens with zero attached hydrogens (tertiary/aromatic N) is 1. The zero-order valence-electron chi connectivity index (χ0n) is 10.2. The molecule has 2 N–H and O–H groups in total. The fourth-order valence-corrected chi connectivity index (χ4v) is 2.13. The Labute approximate surface area is 106 Å². The fourth-order valence-electron chi connectivity index (χ4n) is 1.91. The van der Waals surface area contributed by atoms with E-state index in [4.69, 9.17) is 17.3 Å². The van der Waals surface area contributed by atoms with Crippen LogP contribution in [0.1, 0.15) is 16.7 Å². The fraction of sp³-hybridized carbons (Fsp3) is 0.214. The first-order valence-electron chi connectivity index (χ1n) is 5.48. The number of rotatable bonds is 1. The molecule has 0 aliphatic heterocycles. The number of nitrogen functional groups attached to an aromatic ring is 1. The standard InChI is InChI=1S/C14H15ClN2/c1-8-6-13(15)9(2)5-12(8)14-10(3)4-11(16)7-17-14/h4-7H,16H2,1-3H3. The van der Waals surface area contributed by atoms with Gasteiger partial charge in [-0.2, -0.15) is 0 Å². The van der Waals surface area contributed by atoms with E-state index in [1.54, 1.807) is 6.20 Å². The minimum Gasteiger partial charge on any atom is -0.397 e. The number of halogens is 1. The maximum Gasteiger partial charge on any atom is 0.0735 e. The number of benzene rings is 1. The van der Waals surface area contributed by atoms with E-state index in [2.05, 4.69) is 11.1 Å². The number of hydrogen-bond donors (Lipinski definition) is 1. The number of anilines is 1. The van der Waals surface area contributed by atoms with Crippen molar-refractivity contribution in [3.63, 3.8) is 0 Å². The molecule has 0 radical (unpaired) electrons. The highest BCUT2D eigenvalue weighted by atomic mass is 35.5. The average molecular weight is 247 g/mol. The van der Waals surface area contributed by atoms with Crippen LogP contribution in [0.25, 0.3) is 11.3 Å². The molecule has 1 aromatic heterocycles. The first-order valence-corrected chi connectivity index (χ1v) is 5.86. The monoisotopic (exact) mass is 246 g/mol. The molecule has 2 rings (SSSR count). The maximum atomic E-state index is 6.10. The van der Waals surface area contributed by atoms with Crippen LogP contribution in [0, 0.1) is 20.8 Å². The van der Waals surface area contributed by atoms with Crippen LogP contribution < -0.4 is 5.73 Å². The van der Waals surface area contributed by atoms with Crippen LogP contribution in [0.5, 0.6) is 0 Å². The molecule has 17 heavy (non-hydrogen) atoms. The van der Waals surface area contributed by atoms with Gasteiger partial charge in [0.05, 0.1) is 17.6 Å². The van der Waals surface area contributed by atoms with E-state index in [1.807, 2.05) is 32.9 Å². The van der Waals surface area contributed by atoms with Crippen LogP contribution in [0.4, 0.5) is 5.69 Å². The van der Waals surface area contributed by atoms with Crippen LogP contribution in [-0.4, -0.2) is 4.98 Å². The van der Waals surface area contributed by atoms with E-state index in [1.165, 1.54) is 0 Å². The largest absolute Gasteiger partial charge is 0.397 e. The van der Waals surface area contributed by atoms with Gasteiger partial charge in [0, 0.05) is 10.6 Å². The number of nitrogens with two attached hydrogens (primary N) is 1. The smallest absolute Gasteiger partial charge is 0.0735 e. The van der Waals surface area contributed by atoms with Gasteiger partial charge in [-0.15, -0.1) is 0 Å². The van der Waals surface area contributed by atoms with E-state index in [0.717, 1.165) is 33.0 Å². The Kier molecular flexibility index (Phi) is 3.07. The molecule has 0 unspecified atom stereocenters. The number of pyridine rings is 1. The lowest BCUT2D eigenvalue weighted by Gasteiger charge is -2.11. The number of hydrogen-bond acceptors (Lipinski definition) is 2. The summed E-state index contributed by atoms with van der Waals surface area (Å²) in [5, 5.41) is 0.791. The Morgan fingerprint density at radius 3 is 2.35 bits per heavy atom. The lowest BCUT2D eigenvalue weighted by molar-refractivity contribution is 1.25. The van der Waals surface area contributed by atoms with E-state index in [-0.39, 0.29) is 0 Å². The number of aryl methyl sites for hydroxylation is 3. The van der Waals surface area contributed by atoms with Crippen LogP contribution >= 0.6 is 11.6 Å². The van der Waals surface area contributed by atoms with Gasteiger partial charge >= 0.3 is 0 Å². The normalized spacial score (nSPS) is 10.6. The summed E-state index contributed by atoms with van der Waals surface area (Å²) in [5.74, 6) is 0. The lowest BCUT2D eigenvalue weighted by Crippen LogP contribution is -1.95. The second-order valence-corrected chi connectivity index (χ2v) is 4.76. The second-order valence-electron chi connectivity index (χ2n) is 4.35. The van der Waals surface area contributed by atoms with E-state index >= 15 is 0 Å². The highest BCUT2D eigenvalue weighted by molar-refractivity contribution is 6.31. The van der Waals surface area contributed by atoms with Crippen LogP contribution in [-0.2, 0) is 0 Å². The van der Waals surface area contributed by atoms with Crippen molar-refractivity contribution in [3.8, 4) is 11.3 Å². The molecular formula is C14H15ClN2. The van der Waals surface area contributed by atoms with Crippen LogP contribution in [0.2, 0.25) is 5.02 Å². The van der Waals surface area contributed by atoms with Gasteiger partial charge in [0.2, 0.25) is 0 Å². The minimum atomic E-state index is 0.689. The molecule has 88 valence electrons. The Morgan fingerprint density at radius 1 is 1.00 bits per heavy atom. The third-order valence-corrected chi connectivity index (χ3v) is 3.27. The molecule has 2 aromatic rings. The zero-order valence-corrected chi connectivity index (χ0v) is 11.0. The van der Waals surface area contributed by atoms with Crippen molar-refractivity contribution in [2.75, 3.05) is 5.73 Å². The summed E-state index contributed by atoms with van der Waals surface area (Å²) in [6.07, 6.45) is 1.69. The molecule has 0 aliphatic carbocycles. The van der Waals surface area contributed by atoms with Crippen molar-refractivity contribution >= 4 is 17.3 Å². The van der Waals surface area contributed by atoms with Gasteiger partial charge in [-0.3, -0.25) is 4.98 Å². The molecule has 0 amide bonds. The summed E-state index contributed by atoms with van der Waals surface area (Å²) < 4.78 is 0. The van der Waals surface area contributed by atoms with Gasteiger partial charge < -0.3 is 5.73 Å². The molecule has 1 aromatic carbocycles. The van der Waals surface area contributed by atoms with Crippen LogP contribution in [0.15, 0.2) is 24.4 Å². The minimum absolute atomic E-state index is 0.689. The summed E-state index contributed by atoms with van der Waals surface area (Å²) >= 11 is 6.10. The van der Waals surface area contributed by atoms with Crippen molar-refractivity contribution in [3.05, 3.63) is 46.1 Å². The molecule has 1 heterocycles. The van der Waals surface area contributed by atoms with Crippen molar-refractivity contribution in [1.82, 2.24) is 4.98 Å². The zero-order chi connectivity index (χ0) is 12.6. The second kappa shape index (κ2) is 4.38. The Morgan fingerprint density at radius 2 is 1.71 bits per heavy atom. The Hall–Kier alpha value is -1.54. The molecule has 0 atom stereocenters. The predicted molar refractivity (Wildman–Crippen MR) is 73.3 cm³/mol. The summed E-state index contributed by atoms with van der Waals surface area (Å²) in [6.45, 7) is 6.05. The SMILES string of the molecule is Cc1cc(-c2ncc(N)cc2C)c(C)cc1Cl. The van der Waals surface area contributed by atoms with Gasteiger partial charge in [-0.05, 0) is 55.7 Å². The third kappa shape index (κ3) is 2.27. The first-order chi connectivity index (χ1) is 7.99. The highest BCUT2D eigenvalue weighted by Crippen LogP contribution is 2.29. The molecule has 0 fully saturated rings. The van der Waals surface area contributed by atoms with Crippen molar-refractivity contribution in [1.29, 1.82) is 0 Å². The molecule has 2 nitrogen and oxygen atoms in total. The summed E-state index contributed by atoms with van der Waals surface area (Å²) in [5.41, 5.74) is 11.8. The van der Waals surface area contributed by atoms with E-state index < -0.39 is 0 Å². The average Bonchev–Trinajstić information content (AvgIpc) is 2.24. The van der Waals surface area contributed by atoms with Gasteiger partial charge in [0.25, 0.3) is 0 Å². The molecule has 0 saturated carbocycles. The molecular weight excluding hydrogens is 232 g/mol. The number of aromatic nitrogens is 1. The van der Waals surface area contributed by atoms with Crippen molar-refractivity contribution < 1.29 is 0 Å². The highest BCUT2D eigenvalue weighted by Gasteiger charge is 2.09. The molecule has 0 aliphatic rings. The first kappa shape index (κ1) is 11.9. The van der Waals surface area contributed by atoms with Crippen LogP contribution in [0.3, 0.4) is 0 Å². The lowest BCUT2D eigenvalue weighted by atomic mass is 9.99. The Balaban J connectivity index is 2.64. The molecule has 0 spiro atoms. The third-order valence-electron chi connectivity index (χ3n) is 2.86. The van der Waals surface area contributed by atoms with Crippen molar-refractivity contribution in [2.24, 2.45) is 0 Å². The molecule has 0 bridgehead atoms. The van der Waals surface area contributed by atoms with E-state index in [0.29, 0.717) is 5.69 Å². The summed E-state index contributed by atoms with van der Waals surface area (Å²) in [6, 6.07) is 5.98. The van der Waals surface area contributed by atoms with E-state index in [9.17, 15) is 0 Å². The molecule has 3 heteroatoms. The summed E-state index contributed by atoms with van der Waals surface area (Å²) in [4.78, 5) is 4.41. The predicted octanol–water partition coefficient (Wildman–Crippen LogP) is 3.91. The quantitative estimate of drug-likeness (QED) is 0.829. The van der Waals surface area contributed by atoms with Gasteiger partial charge in [0.1, 0.15) is 0 Å². The van der Waals surface area contributed by atoms with Gasteiger partial charge in [0.15, 0.2) is 0 Å². The van der Waals surface area contributed by atoms with Gasteiger partial charge in [-0.1, -0.05) is 11.6 Å². The van der Waals surface area contributed by atoms with Crippen molar-refractivity contribution in [2.45, 2.75) is 20.8 Å². The summed E-state index contributed by atoms with van der Waals surface area (Å²) in [7, 11) is 0. The van der Waals surface area contributed by atoms with Gasteiger partial charge in [-0.25, -0.2) is 0 Å². The maximum absolute atomic E-state index is 6.10.